The van der Waals surface area contributed by atoms with Gasteiger partial charge in [0.05, 0.1) is 133 Å². The summed E-state index contributed by atoms with van der Waals surface area (Å²) >= 11 is 28.1. The van der Waals surface area contributed by atoms with E-state index in [0.717, 1.165) is 0 Å². The van der Waals surface area contributed by atoms with Crippen LogP contribution in [0.25, 0.3) is 44.6 Å². The van der Waals surface area contributed by atoms with Crippen molar-refractivity contribution >= 4 is 103 Å². The minimum atomic E-state index is -0.748. The van der Waals surface area contributed by atoms with Crippen molar-refractivity contribution in [3.63, 3.8) is 0 Å². The second kappa shape index (κ2) is 24.1. The lowest BCUT2D eigenvalue weighted by atomic mass is 9.97. The minimum absolute atomic E-state index is 0.134. The Labute approximate surface area is 469 Å². The zero-order valence-corrected chi connectivity index (χ0v) is 46.5. The maximum absolute atomic E-state index is 12.2. The molecule has 3 saturated heterocycles. The molecule has 0 saturated carbocycles. The van der Waals surface area contributed by atoms with Gasteiger partial charge in [0.1, 0.15) is 46.3 Å². The number of hydrogen-bond acceptors (Lipinski definition) is 19. The van der Waals surface area contributed by atoms with Crippen LogP contribution < -0.4 is 50.8 Å². The van der Waals surface area contributed by atoms with Crippen LogP contribution in [0.5, 0.6) is 23.0 Å². The van der Waals surface area contributed by atoms with E-state index in [-0.39, 0.29) is 108 Å². The first-order valence-electron chi connectivity index (χ1n) is 24.8. The number of fused-ring (bicyclic) bond motifs is 2. The Morgan fingerprint density at radius 1 is 0.641 bits per heavy atom. The number of carbonyl (C=O) groups excluding carboxylic acids is 2. The predicted molar refractivity (Wildman–Crippen MR) is 301 cm³/mol. The summed E-state index contributed by atoms with van der Waals surface area (Å²) in [5.74, 6) is 2.82. The first-order chi connectivity index (χ1) is 37.5. The molecule has 78 heavy (non-hydrogen) atoms. The lowest BCUT2D eigenvalue weighted by molar-refractivity contribution is -0.118. The molecule has 2 aromatic carbocycles. The van der Waals surface area contributed by atoms with E-state index >= 15 is 0 Å². The van der Waals surface area contributed by atoms with Gasteiger partial charge in [-0.3, -0.25) is 9.59 Å². The molecule has 412 valence electrons. The first kappa shape index (κ1) is 56.0. The lowest BCUT2D eigenvalue weighted by Crippen LogP contribution is -2.45. The van der Waals surface area contributed by atoms with Gasteiger partial charge in [-0.25, -0.2) is 29.9 Å². The van der Waals surface area contributed by atoms with Gasteiger partial charge < -0.3 is 65.1 Å². The van der Waals surface area contributed by atoms with Gasteiger partial charge >= 0.3 is 0 Å². The highest BCUT2D eigenvalue weighted by molar-refractivity contribution is 6.41. The SMILES string of the molecule is C=CC(=O)N[C@H]1COC[C@H]1Nc1cc2c(NCC3CCC(Oc4cc(OC)c(Cl)c(-c5nc(NCC(C)(C)C)c6cc(N[C@@H]7COC[C@@H]7NC(=O)C=C)ncc6n5)c4Cl)O3)nc(-c3c(Cl)c(OC)cc(OC)c3Cl)nc2cn1. The molecule has 2 amide bonds. The van der Waals surface area contributed by atoms with E-state index in [1.807, 2.05) is 6.07 Å². The van der Waals surface area contributed by atoms with Crippen LogP contribution in [0.2, 0.25) is 20.1 Å². The van der Waals surface area contributed by atoms with Crippen molar-refractivity contribution in [3.8, 4) is 45.8 Å². The van der Waals surface area contributed by atoms with E-state index in [4.69, 9.17) is 99.5 Å². The smallest absolute Gasteiger partial charge is 0.243 e. The van der Waals surface area contributed by atoms with Crippen LogP contribution >= 0.6 is 46.4 Å². The Morgan fingerprint density at radius 2 is 1.09 bits per heavy atom. The second-order valence-electron chi connectivity index (χ2n) is 19.7. The molecule has 4 aromatic heterocycles. The van der Waals surface area contributed by atoms with E-state index in [0.29, 0.717) is 102 Å². The van der Waals surface area contributed by atoms with Crippen molar-refractivity contribution in [2.24, 2.45) is 5.41 Å². The molecule has 25 heteroatoms. The van der Waals surface area contributed by atoms with E-state index in [1.165, 1.54) is 33.5 Å². The van der Waals surface area contributed by atoms with Crippen LogP contribution in [0, 0.1) is 5.41 Å². The van der Waals surface area contributed by atoms with Gasteiger partial charge in [0.15, 0.2) is 17.9 Å². The van der Waals surface area contributed by atoms with Crippen LogP contribution in [-0.4, -0.2) is 139 Å². The van der Waals surface area contributed by atoms with Gasteiger partial charge in [-0.15, -0.1) is 0 Å². The van der Waals surface area contributed by atoms with E-state index in [9.17, 15) is 9.59 Å². The zero-order chi connectivity index (χ0) is 55.4. The molecule has 3 aliphatic rings. The number of anilines is 4. The summed E-state index contributed by atoms with van der Waals surface area (Å²) in [5, 5.41) is 21.5. The molecule has 0 radical (unpaired) electrons. The quantitative estimate of drug-likeness (QED) is 0.0391. The standard InChI is InChI=1S/C53H58Cl4N12O9/c1-9-40(70)64-32-22-75-20-30(32)62-38-13-26-28(18-58-38)66-51(43-45(54)34(72-6)15-35(73-7)46(43)55)68-49(26)60-17-25-11-12-42(77-25)78-37-16-36(74-8)47(56)44(48(37)57)52-67-29-19-59-39(14-27(29)50(69-52)61-24-53(3,4)5)63-31-21-76-23-33(31)65-41(71)10-2/h9-10,13-16,18-19,25,30-33,42H,1-2,11-12,17,20-24H2,3-8H3,(H,58,62)(H,59,63)(H,64,70)(H,65,71)(H,60,66,68)(H,61,67,69)/t25?,30-,31-,32+,33+,42?/m1/s1. The molecule has 7 heterocycles. The first-order valence-corrected chi connectivity index (χ1v) is 26.4. The van der Waals surface area contributed by atoms with Crippen molar-refractivity contribution in [3.05, 3.63) is 82.1 Å². The molecule has 0 bridgehead atoms. The monoisotopic (exact) mass is 1150 g/mol. The predicted octanol–water partition coefficient (Wildman–Crippen LogP) is 8.75. The Balaban J connectivity index is 0.981. The number of ether oxygens (including phenoxy) is 7. The Morgan fingerprint density at radius 3 is 1.55 bits per heavy atom. The topological polar surface area (TPSA) is 248 Å². The van der Waals surface area contributed by atoms with Crippen LogP contribution in [0.15, 0.2) is 62.0 Å². The Bertz CT molecular complexity index is 3250. The normalized spacial score (nSPS) is 20.0. The number of pyridine rings is 2. The molecule has 21 nitrogen and oxygen atoms in total. The summed E-state index contributed by atoms with van der Waals surface area (Å²) in [6.45, 7) is 15.6. The van der Waals surface area contributed by atoms with Gasteiger partial charge in [-0.2, -0.15) is 0 Å². The number of nitrogens with one attached hydrogen (secondary N) is 6. The summed E-state index contributed by atoms with van der Waals surface area (Å²) in [6, 6.07) is 5.67. The molecule has 2 unspecified atom stereocenters. The van der Waals surface area contributed by atoms with E-state index in [1.54, 1.807) is 30.6 Å². The molecular weight excluding hydrogens is 1090 g/mol. The number of hydrogen-bond donors (Lipinski definition) is 6. The van der Waals surface area contributed by atoms with Gasteiger partial charge in [0.25, 0.3) is 0 Å². The second-order valence-corrected chi connectivity index (χ2v) is 21.2. The fourth-order valence-corrected chi connectivity index (χ4v) is 10.3. The number of rotatable bonds is 20. The van der Waals surface area contributed by atoms with Crippen molar-refractivity contribution in [1.82, 2.24) is 40.5 Å². The van der Waals surface area contributed by atoms with Gasteiger partial charge in [-0.1, -0.05) is 80.3 Å². The lowest BCUT2D eigenvalue weighted by Gasteiger charge is -2.22. The van der Waals surface area contributed by atoms with Gasteiger partial charge in [-0.05, 0) is 36.1 Å². The molecule has 6 atom stereocenters. The molecule has 9 rings (SSSR count). The third-order valence-corrected chi connectivity index (χ3v) is 14.5. The number of aromatic nitrogens is 6. The fourth-order valence-electron chi connectivity index (χ4n) is 8.97. The van der Waals surface area contributed by atoms with Crippen LogP contribution in [-0.2, 0) is 23.8 Å². The van der Waals surface area contributed by atoms with Crippen LogP contribution in [0.4, 0.5) is 23.3 Å². The molecule has 0 spiro atoms. The van der Waals surface area contributed by atoms with Crippen molar-refractivity contribution in [1.29, 1.82) is 0 Å². The summed E-state index contributed by atoms with van der Waals surface area (Å²) in [7, 11) is 4.45. The zero-order valence-electron chi connectivity index (χ0n) is 43.5. The van der Waals surface area contributed by atoms with Crippen molar-refractivity contribution in [2.75, 3.05) is 82.1 Å². The number of benzene rings is 2. The molecule has 6 aromatic rings. The minimum Gasteiger partial charge on any atom is -0.495 e. The maximum Gasteiger partial charge on any atom is 0.243 e. The highest BCUT2D eigenvalue weighted by Crippen LogP contribution is 2.48. The maximum atomic E-state index is 12.2. The summed E-state index contributed by atoms with van der Waals surface area (Å²) in [4.78, 5) is 53.4. The van der Waals surface area contributed by atoms with Gasteiger partial charge in [0.2, 0.25) is 11.8 Å². The highest BCUT2D eigenvalue weighted by atomic mass is 35.5. The molecule has 3 fully saturated rings. The van der Waals surface area contributed by atoms with Crippen LogP contribution in [0.1, 0.15) is 33.6 Å². The number of amides is 2. The molecule has 3 aliphatic heterocycles. The summed E-state index contributed by atoms with van der Waals surface area (Å²) < 4.78 is 41.3. The van der Waals surface area contributed by atoms with E-state index < -0.39 is 6.29 Å². The van der Waals surface area contributed by atoms with Crippen molar-refractivity contribution in [2.45, 2.75) is 70.2 Å². The highest BCUT2D eigenvalue weighted by Gasteiger charge is 2.33. The van der Waals surface area contributed by atoms with Crippen molar-refractivity contribution < 1.29 is 42.7 Å². The number of carbonyl (C=O) groups is 2. The fraction of sp³-hybridized carbons (Fsp3) is 0.396. The number of methoxy groups -OCH3 is 3. The molecule has 6 N–H and O–H groups in total. The largest absolute Gasteiger partial charge is 0.495 e. The Hall–Kier alpha value is -6.72. The Kier molecular flexibility index (Phi) is 17.3. The van der Waals surface area contributed by atoms with Crippen LogP contribution in [0.3, 0.4) is 0 Å². The van der Waals surface area contributed by atoms with Gasteiger partial charge in [0, 0.05) is 42.4 Å². The van der Waals surface area contributed by atoms with E-state index in [2.05, 4.69) is 75.8 Å². The summed E-state index contributed by atoms with van der Waals surface area (Å²) in [6.07, 6.45) is 5.61. The summed E-state index contributed by atoms with van der Waals surface area (Å²) in [5.41, 5.74) is 1.39. The number of nitrogens with zero attached hydrogens (tertiary/aromatic N) is 6. The average Bonchev–Trinajstić information content (AvgIpc) is 4.23. The third-order valence-electron chi connectivity index (χ3n) is 13.0. The number of halogens is 4. The molecule has 0 aliphatic carbocycles. The third kappa shape index (κ3) is 12.4. The average molecular weight is 1150 g/mol. The molecular formula is C53H58Cl4N12O9.